The average Bonchev–Trinajstić information content (AvgIpc) is 3.28. The Morgan fingerprint density at radius 3 is 2.67 bits per heavy atom. The Labute approximate surface area is 214 Å². The van der Waals surface area contributed by atoms with Crippen molar-refractivity contribution in [1.82, 2.24) is 10.3 Å². The van der Waals surface area contributed by atoms with E-state index in [0.29, 0.717) is 0 Å². The predicted molar refractivity (Wildman–Crippen MR) is 133 cm³/mol. The number of rotatable bonds is 1. The van der Waals surface area contributed by atoms with Gasteiger partial charge >= 0.3 is 0 Å². The summed E-state index contributed by atoms with van der Waals surface area (Å²) in [4.78, 5) is 30.7. The summed E-state index contributed by atoms with van der Waals surface area (Å²) in [5, 5.41) is 25.3. The quantitative estimate of drug-likeness (QED) is 0.491. The highest BCUT2D eigenvalue weighted by molar-refractivity contribution is 7.18. The lowest BCUT2D eigenvalue weighted by Gasteiger charge is -2.34. The predicted octanol–water partition coefficient (Wildman–Crippen LogP) is 3.37. The van der Waals surface area contributed by atoms with Gasteiger partial charge in [0.1, 0.15) is 11.9 Å². The zero-order valence-electron chi connectivity index (χ0n) is 21.3. The van der Waals surface area contributed by atoms with Gasteiger partial charge in [-0.1, -0.05) is 26.8 Å². The number of ether oxygens (including phenoxy) is 2. The van der Waals surface area contributed by atoms with Gasteiger partial charge in [0.25, 0.3) is 0 Å². The van der Waals surface area contributed by atoms with E-state index in [0.717, 1.165) is 20.8 Å². The van der Waals surface area contributed by atoms with Crippen molar-refractivity contribution in [2.75, 3.05) is 6.61 Å². The highest BCUT2D eigenvalue weighted by Crippen LogP contribution is 2.46. The largest absolute Gasteiger partial charge is 0.392 e. The number of aliphatic hydroxyl groups is 2. The molecule has 2 aliphatic rings. The number of fused-ring (bicyclic) bond motifs is 2. The highest BCUT2D eigenvalue weighted by Gasteiger charge is 2.58. The number of ketones is 1. The van der Waals surface area contributed by atoms with Crippen LogP contribution in [0.1, 0.15) is 63.6 Å². The second kappa shape index (κ2) is 10.1. The van der Waals surface area contributed by atoms with Crippen molar-refractivity contribution in [1.29, 1.82) is 0 Å². The van der Waals surface area contributed by atoms with Crippen molar-refractivity contribution in [2.24, 2.45) is 11.3 Å². The number of epoxide rings is 1. The Kier molecular flexibility index (Phi) is 7.56. The molecule has 0 spiro atoms. The molecular formula is C26H35FN2O6S. The number of aliphatic hydroxyl groups excluding tert-OH is 2. The fourth-order valence-corrected chi connectivity index (χ4v) is 5.70. The maximum atomic E-state index is 15.2. The molecule has 4 rings (SSSR count). The number of amides is 1. The molecule has 2 saturated heterocycles. The number of carbonyl (C=O) groups excluding carboxylic acids is 2. The summed E-state index contributed by atoms with van der Waals surface area (Å²) in [5.74, 6) is -3.60. The Morgan fingerprint density at radius 1 is 1.22 bits per heavy atom. The molecule has 1 aromatic carbocycles. The number of aromatic nitrogens is 1. The first-order valence-electron chi connectivity index (χ1n) is 12.4. The Bertz CT molecular complexity index is 1140. The van der Waals surface area contributed by atoms with Crippen LogP contribution in [0.25, 0.3) is 10.2 Å². The van der Waals surface area contributed by atoms with Crippen molar-refractivity contribution in [3.05, 3.63) is 28.8 Å². The maximum Gasteiger partial charge on any atom is 0.238 e. The molecule has 2 aliphatic heterocycles. The van der Waals surface area contributed by atoms with E-state index >= 15 is 4.39 Å². The van der Waals surface area contributed by atoms with Crippen LogP contribution in [0.5, 0.6) is 0 Å². The molecule has 8 nitrogen and oxygen atoms in total. The zero-order chi connectivity index (χ0) is 26.4. The number of thiazole rings is 1. The number of nitrogens with zero attached hydrogens (tertiary/aromatic N) is 1. The minimum atomic E-state index is -1.89. The summed E-state index contributed by atoms with van der Waals surface area (Å²) in [6.07, 6.45) is -4.08. The molecule has 1 aromatic heterocycles. The number of hydrogen-bond acceptors (Lipinski definition) is 8. The molecule has 3 heterocycles. The standard InChI is InChI=1S/C26H35FN2O6S/c1-13-23(32)14(2)34-9-8-26(27)21(35-26)11-17(16-6-7-19-18(10-16)28-15(3)36-19)29-22(31)12-20(30)25(4,5)24(13)33/h6-7,10,13-14,17,20-21,23,30,32H,8-9,11-12H2,1-5H3,(H,29,31)/t13-,14+,17+,20+,21-,23+,26+/m1/s1. The number of nitrogens with one attached hydrogen (secondary N) is 1. The summed E-state index contributed by atoms with van der Waals surface area (Å²) in [7, 11) is 0. The minimum Gasteiger partial charge on any atom is -0.392 e. The van der Waals surface area contributed by atoms with Crippen LogP contribution >= 0.6 is 11.3 Å². The summed E-state index contributed by atoms with van der Waals surface area (Å²) in [6, 6.07) is 5.10. The normalized spacial score (nSPS) is 36.3. The second-order valence-corrected chi connectivity index (χ2v) is 11.9. The first-order valence-corrected chi connectivity index (χ1v) is 13.2. The first-order chi connectivity index (χ1) is 16.8. The van der Waals surface area contributed by atoms with Crippen molar-refractivity contribution < 1.29 is 33.7 Å². The van der Waals surface area contributed by atoms with Crippen LogP contribution in [0.3, 0.4) is 0 Å². The van der Waals surface area contributed by atoms with Crippen molar-refractivity contribution in [3.63, 3.8) is 0 Å². The van der Waals surface area contributed by atoms with E-state index in [1.54, 1.807) is 39.0 Å². The summed E-state index contributed by atoms with van der Waals surface area (Å²) in [6.45, 7) is 8.23. The van der Waals surface area contributed by atoms with E-state index in [1.807, 2.05) is 25.1 Å². The molecule has 3 N–H and O–H groups in total. The third-order valence-corrected chi connectivity index (χ3v) is 8.50. The van der Waals surface area contributed by atoms with E-state index in [1.165, 1.54) is 0 Å². The van der Waals surface area contributed by atoms with Gasteiger partial charge in [0.05, 0.1) is 58.0 Å². The van der Waals surface area contributed by atoms with Crippen LogP contribution in [0.4, 0.5) is 4.39 Å². The average molecular weight is 523 g/mol. The van der Waals surface area contributed by atoms with Crippen LogP contribution in [-0.2, 0) is 19.1 Å². The van der Waals surface area contributed by atoms with E-state index in [-0.39, 0.29) is 31.7 Å². The van der Waals surface area contributed by atoms with E-state index in [2.05, 4.69) is 10.3 Å². The third-order valence-electron chi connectivity index (χ3n) is 7.55. The van der Waals surface area contributed by atoms with Gasteiger partial charge in [-0.2, -0.15) is 0 Å². The topological polar surface area (TPSA) is 121 Å². The molecule has 0 aliphatic carbocycles. The van der Waals surface area contributed by atoms with Crippen LogP contribution < -0.4 is 5.32 Å². The van der Waals surface area contributed by atoms with Crippen LogP contribution in [0, 0.1) is 18.3 Å². The fraction of sp³-hybridized carbons (Fsp3) is 0.654. The van der Waals surface area contributed by atoms with E-state index in [4.69, 9.17) is 9.47 Å². The van der Waals surface area contributed by atoms with Crippen molar-refractivity contribution >= 4 is 33.2 Å². The first kappa shape index (κ1) is 27.1. The lowest BCUT2D eigenvalue weighted by atomic mass is 9.74. The van der Waals surface area contributed by atoms with Gasteiger partial charge in [-0.15, -0.1) is 11.3 Å². The monoisotopic (exact) mass is 522 g/mol. The van der Waals surface area contributed by atoms with Crippen molar-refractivity contribution in [2.45, 2.75) is 90.2 Å². The fourth-order valence-electron chi connectivity index (χ4n) is 4.89. The van der Waals surface area contributed by atoms with E-state index in [9.17, 15) is 19.8 Å². The zero-order valence-corrected chi connectivity index (χ0v) is 22.1. The molecule has 2 aromatic rings. The van der Waals surface area contributed by atoms with Gasteiger partial charge in [0.2, 0.25) is 11.8 Å². The second-order valence-electron chi connectivity index (χ2n) is 10.6. The van der Waals surface area contributed by atoms with E-state index < -0.39 is 53.6 Å². The van der Waals surface area contributed by atoms with Gasteiger partial charge in [0.15, 0.2) is 0 Å². The molecule has 7 atom stereocenters. The number of benzene rings is 1. The molecule has 1 amide bonds. The van der Waals surface area contributed by atoms with Gasteiger partial charge < -0.3 is 25.0 Å². The minimum absolute atomic E-state index is 0.000753. The van der Waals surface area contributed by atoms with Gasteiger partial charge in [0, 0.05) is 18.8 Å². The number of hydrogen-bond donors (Lipinski definition) is 3. The molecule has 0 radical (unpaired) electrons. The van der Waals surface area contributed by atoms with Gasteiger partial charge in [-0.25, -0.2) is 9.37 Å². The number of carbonyl (C=O) groups is 2. The van der Waals surface area contributed by atoms with Crippen molar-refractivity contribution in [3.8, 4) is 0 Å². The molecule has 0 bridgehead atoms. The summed E-state index contributed by atoms with van der Waals surface area (Å²) < 4.78 is 27.3. The third kappa shape index (κ3) is 5.47. The molecule has 2 fully saturated rings. The number of halogens is 1. The highest BCUT2D eigenvalue weighted by atomic mass is 32.1. The number of alkyl halides is 1. The van der Waals surface area contributed by atoms with Gasteiger partial charge in [-0.3, -0.25) is 9.59 Å². The molecule has 0 saturated carbocycles. The smallest absolute Gasteiger partial charge is 0.238 e. The number of aryl methyl sites for hydroxylation is 1. The lowest BCUT2D eigenvalue weighted by Crippen LogP contribution is -2.47. The maximum absolute atomic E-state index is 15.2. The molecule has 198 valence electrons. The number of Topliss-reactive ketones (excluding diaryl/α,β-unsaturated/α-hetero) is 1. The SMILES string of the molecule is Cc1nc2cc([C@@H]3C[C@H]4O[C@@]4(F)CCO[C@@H](C)[C@@H](O)[C@@H](C)C(=O)C(C)(C)[C@@H](O)CC(=O)N3)ccc2s1. The van der Waals surface area contributed by atoms with Crippen LogP contribution in [-0.4, -0.2) is 63.8 Å². The van der Waals surface area contributed by atoms with Crippen LogP contribution in [0.15, 0.2) is 18.2 Å². The molecule has 10 heteroatoms. The Hall–Kier alpha value is -1.98. The summed E-state index contributed by atoms with van der Waals surface area (Å²) >= 11 is 1.56. The molecule has 0 unspecified atom stereocenters. The summed E-state index contributed by atoms with van der Waals surface area (Å²) in [5.41, 5.74) is 0.266. The Balaban J connectivity index is 1.61. The lowest BCUT2D eigenvalue weighted by molar-refractivity contribution is -0.146. The van der Waals surface area contributed by atoms with Gasteiger partial charge in [-0.05, 0) is 31.5 Å². The molecular weight excluding hydrogens is 487 g/mol. The molecule has 36 heavy (non-hydrogen) atoms. The van der Waals surface area contributed by atoms with Crippen LogP contribution in [0.2, 0.25) is 0 Å². The Morgan fingerprint density at radius 2 is 1.94 bits per heavy atom.